The Hall–Kier alpha value is -1.61. The third kappa shape index (κ3) is 3.21. The van der Waals surface area contributed by atoms with Gasteiger partial charge in [-0.15, -0.1) is 11.3 Å². The van der Waals surface area contributed by atoms with E-state index in [0.29, 0.717) is 25.3 Å². The Morgan fingerprint density at radius 1 is 1.75 bits per heavy atom. The number of esters is 1. The molecule has 0 bridgehead atoms. The largest absolute Gasteiger partial charge is 0.461 e. The van der Waals surface area contributed by atoms with Gasteiger partial charge in [-0.05, 0) is 6.92 Å². The second kappa shape index (κ2) is 6.08. The molecular weight excluding hydrogens is 226 g/mol. The zero-order chi connectivity index (χ0) is 12.0. The normalized spacial score (nSPS) is 9.56. The van der Waals surface area contributed by atoms with E-state index in [4.69, 9.17) is 10.00 Å². The molecule has 0 aliphatic heterocycles. The minimum Gasteiger partial charge on any atom is -0.461 e. The Morgan fingerprint density at radius 3 is 3.12 bits per heavy atom. The molecule has 0 aliphatic rings. The van der Waals surface area contributed by atoms with Gasteiger partial charge in [0.05, 0.1) is 19.1 Å². The summed E-state index contributed by atoms with van der Waals surface area (Å²) >= 11 is 1.37. The zero-order valence-electron chi connectivity index (χ0n) is 9.27. The Bertz CT molecular complexity index is 397. The van der Waals surface area contributed by atoms with E-state index in [0.717, 1.165) is 5.13 Å². The molecule has 1 aromatic rings. The fourth-order valence-electron chi connectivity index (χ4n) is 1.05. The lowest BCUT2D eigenvalue weighted by atomic mass is 10.4. The molecular formula is C10H13N3O2S. The SMILES string of the molecule is CCOC(=O)c1csc(N(C)CCC#N)n1. The highest BCUT2D eigenvalue weighted by molar-refractivity contribution is 7.13. The molecule has 0 fully saturated rings. The van der Waals surface area contributed by atoms with E-state index in [1.807, 2.05) is 11.9 Å². The number of rotatable bonds is 5. The van der Waals surface area contributed by atoms with Crippen molar-refractivity contribution in [2.24, 2.45) is 0 Å². The third-order valence-corrected chi connectivity index (χ3v) is 2.82. The van der Waals surface area contributed by atoms with Gasteiger partial charge in [-0.3, -0.25) is 0 Å². The van der Waals surface area contributed by atoms with Crippen LogP contribution in [0.5, 0.6) is 0 Å². The minimum absolute atomic E-state index is 0.325. The summed E-state index contributed by atoms with van der Waals surface area (Å²) in [6.45, 7) is 2.70. The predicted octanol–water partition coefficient (Wildman–Crippen LogP) is 1.67. The molecule has 86 valence electrons. The van der Waals surface area contributed by atoms with E-state index in [1.165, 1.54) is 11.3 Å². The first kappa shape index (κ1) is 12.5. The maximum absolute atomic E-state index is 11.3. The molecule has 0 amide bonds. The monoisotopic (exact) mass is 239 g/mol. The molecule has 0 radical (unpaired) electrons. The third-order valence-electron chi connectivity index (χ3n) is 1.86. The van der Waals surface area contributed by atoms with Crippen LogP contribution in [-0.2, 0) is 4.74 Å². The molecule has 0 N–H and O–H groups in total. The van der Waals surface area contributed by atoms with Crippen LogP contribution in [0, 0.1) is 11.3 Å². The van der Waals surface area contributed by atoms with Crippen LogP contribution in [0.4, 0.5) is 5.13 Å². The van der Waals surface area contributed by atoms with Gasteiger partial charge in [0.1, 0.15) is 0 Å². The number of aromatic nitrogens is 1. The average molecular weight is 239 g/mol. The summed E-state index contributed by atoms with van der Waals surface area (Å²) in [5.41, 5.74) is 0.325. The van der Waals surface area contributed by atoms with Crippen molar-refractivity contribution in [3.05, 3.63) is 11.1 Å². The molecule has 5 nitrogen and oxygen atoms in total. The van der Waals surface area contributed by atoms with Crippen molar-refractivity contribution in [3.63, 3.8) is 0 Å². The van der Waals surface area contributed by atoms with Crippen LogP contribution in [0.2, 0.25) is 0 Å². The standard InChI is InChI=1S/C10H13N3O2S/c1-3-15-9(14)8-7-16-10(12-8)13(2)6-4-5-11/h7H,3-4,6H2,1-2H3. The quantitative estimate of drug-likeness (QED) is 0.731. The second-order valence-corrected chi connectivity index (χ2v) is 3.90. The van der Waals surface area contributed by atoms with Crippen molar-refractivity contribution in [3.8, 4) is 6.07 Å². The number of nitriles is 1. The summed E-state index contributed by atoms with van der Waals surface area (Å²) in [7, 11) is 1.84. The molecule has 0 spiro atoms. The van der Waals surface area contributed by atoms with Crippen LogP contribution in [0.25, 0.3) is 0 Å². The van der Waals surface area contributed by atoms with Gasteiger partial charge in [0.25, 0.3) is 0 Å². The van der Waals surface area contributed by atoms with Gasteiger partial charge in [-0.1, -0.05) is 0 Å². The zero-order valence-corrected chi connectivity index (χ0v) is 10.1. The summed E-state index contributed by atoms with van der Waals surface area (Å²) in [6.07, 6.45) is 0.435. The van der Waals surface area contributed by atoms with Gasteiger partial charge >= 0.3 is 5.97 Å². The molecule has 1 aromatic heterocycles. The van der Waals surface area contributed by atoms with E-state index >= 15 is 0 Å². The number of thiazole rings is 1. The molecule has 16 heavy (non-hydrogen) atoms. The van der Waals surface area contributed by atoms with Crippen LogP contribution in [-0.4, -0.2) is 31.2 Å². The maximum atomic E-state index is 11.3. The first-order chi connectivity index (χ1) is 7.69. The van der Waals surface area contributed by atoms with Gasteiger partial charge in [-0.2, -0.15) is 5.26 Å². The van der Waals surface area contributed by atoms with E-state index in [9.17, 15) is 4.79 Å². The van der Waals surface area contributed by atoms with Crippen molar-refractivity contribution in [1.82, 2.24) is 4.98 Å². The lowest BCUT2D eigenvalue weighted by Gasteiger charge is -2.12. The predicted molar refractivity (Wildman–Crippen MR) is 61.6 cm³/mol. The van der Waals surface area contributed by atoms with Crippen LogP contribution >= 0.6 is 11.3 Å². The summed E-state index contributed by atoms with van der Waals surface area (Å²) in [6, 6.07) is 2.06. The highest BCUT2D eigenvalue weighted by Crippen LogP contribution is 2.19. The molecule has 0 unspecified atom stereocenters. The Labute approximate surface area is 98.3 Å². The van der Waals surface area contributed by atoms with Crippen molar-refractivity contribution in [2.45, 2.75) is 13.3 Å². The number of nitrogens with zero attached hydrogens (tertiary/aromatic N) is 3. The van der Waals surface area contributed by atoms with Gasteiger partial charge in [-0.25, -0.2) is 9.78 Å². The van der Waals surface area contributed by atoms with Crippen LogP contribution in [0.15, 0.2) is 5.38 Å². The molecule has 6 heteroatoms. The Balaban J connectivity index is 2.64. The number of anilines is 1. The highest BCUT2D eigenvalue weighted by atomic mass is 32.1. The van der Waals surface area contributed by atoms with Crippen molar-refractivity contribution < 1.29 is 9.53 Å². The smallest absolute Gasteiger partial charge is 0.357 e. The lowest BCUT2D eigenvalue weighted by Crippen LogP contribution is -2.18. The Morgan fingerprint density at radius 2 is 2.50 bits per heavy atom. The number of hydrogen-bond acceptors (Lipinski definition) is 6. The van der Waals surface area contributed by atoms with E-state index < -0.39 is 5.97 Å². The fraction of sp³-hybridized carbons (Fsp3) is 0.500. The van der Waals surface area contributed by atoms with Crippen molar-refractivity contribution in [1.29, 1.82) is 5.26 Å². The summed E-state index contributed by atoms with van der Waals surface area (Å²) in [5, 5.41) is 10.8. The lowest BCUT2D eigenvalue weighted by molar-refractivity contribution is 0.0520. The van der Waals surface area contributed by atoms with Crippen molar-refractivity contribution in [2.75, 3.05) is 25.1 Å². The summed E-state index contributed by atoms with van der Waals surface area (Å²) in [4.78, 5) is 17.3. The van der Waals surface area contributed by atoms with Gasteiger partial charge in [0, 0.05) is 19.0 Å². The highest BCUT2D eigenvalue weighted by Gasteiger charge is 2.13. The average Bonchev–Trinajstić information content (AvgIpc) is 2.75. The van der Waals surface area contributed by atoms with E-state index in [1.54, 1.807) is 12.3 Å². The van der Waals surface area contributed by atoms with E-state index in [2.05, 4.69) is 11.1 Å². The maximum Gasteiger partial charge on any atom is 0.357 e. The molecule has 1 heterocycles. The van der Waals surface area contributed by atoms with Crippen LogP contribution in [0.3, 0.4) is 0 Å². The molecule has 0 saturated carbocycles. The molecule has 0 aliphatic carbocycles. The molecule has 0 saturated heterocycles. The number of carbonyl (C=O) groups is 1. The minimum atomic E-state index is -0.404. The Kier molecular flexibility index (Phi) is 4.73. The molecule has 0 aromatic carbocycles. The number of ether oxygens (including phenoxy) is 1. The first-order valence-electron chi connectivity index (χ1n) is 4.89. The van der Waals surface area contributed by atoms with Gasteiger partial charge in [0.15, 0.2) is 10.8 Å². The van der Waals surface area contributed by atoms with Crippen molar-refractivity contribution >= 4 is 22.4 Å². The molecule has 0 atom stereocenters. The second-order valence-electron chi connectivity index (χ2n) is 3.07. The van der Waals surface area contributed by atoms with Crippen LogP contribution in [0.1, 0.15) is 23.8 Å². The number of hydrogen-bond donors (Lipinski definition) is 0. The topological polar surface area (TPSA) is 66.2 Å². The first-order valence-corrected chi connectivity index (χ1v) is 5.77. The van der Waals surface area contributed by atoms with Gasteiger partial charge < -0.3 is 9.64 Å². The van der Waals surface area contributed by atoms with Gasteiger partial charge in [0.2, 0.25) is 0 Å². The van der Waals surface area contributed by atoms with Crippen LogP contribution < -0.4 is 4.90 Å². The van der Waals surface area contributed by atoms with E-state index in [-0.39, 0.29) is 0 Å². The fourth-order valence-corrected chi connectivity index (χ4v) is 1.84. The molecule has 1 rings (SSSR count). The summed E-state index contributed by atoms with van der Waals surface area (Å²) < 4.78 is 4.84. The summed E-state index contributed by atoms with van der Waals surface area (Å²) in [5.74, 6) is -0.404. The number of carbonyl (C=O) groups excluding carboxylic acids is 1.